The Bertz CT molecular complexity index is 1070. The van der Waals surface area contributed by atoms with Crippen LogP contribution in [0.15, 0.2) is 52.9 Å². The number of halogens is 1. The molecule has 0 aliphatic heterocycles. The zero-order chi connectivity index (χ0) is 22.7. The number of sulfonamides is 1. The van der Waals surface area contributed by atoms with Crippen LogP contribution in [0.2, 0.25) is 0 Å². The molecular weight excluding hydrogens is 409 g/mol. The van der Waals surface area contributed by atoms with Crippen LogP contribution in [-0.4, -0.2) is 36.7 Å². The number of carboxylic acid groups (broad SMARTS) is 1. The van der Waals surface area contributed by atoms with E-state index in [0.29, 0.717) is 16.7 Å². The van der Waals surface area contributed by atoms with Crippen molar-refractivity contribution in [3.8, 4) is 0 Å². The number of aliphatic hydroxyl groups is 1. The third kappa shape index (κ3) is 5.75. The first kappa shape index (κ1) is 23.7. The van der Waals surface area contributed by atoms with Gasteiger partial charge in [0.2, 0.25) is 10.0 Å². The Morgan fingerprint density at radius 2 is 1.63 bits per heavy atom. The van der Waals surface area contributed by atoms with E-state index < -0.39 is 34.0 Å². The molecule has 2 aromatic rings. The summed E-state index contributed by atoms with van der Waals surface area (Å²) in [6.07, 6.45) is -0.147. The highest BCUT2D eigenvalue weighted by molar-refractivity contribution is 7.89. The topological polar surface area (TPSA) is 104 Å². The minimum absolute atomic E-state index is 0.0228. The van der Waals surface area contributed by atoms with Gasteiger partial charge in [-0.05, 0) is 68.2 Å². The van der Waals surface area contributed by atoms with E-state index in [2.05, 4.69) is 4.72 Å². The largest absolute Gasteiger partial charge is 0.478 e. The summed E-state index contributed by atoms with van der Waals surface area (Å²) < 4.78 is 41.8. The molecule has 0 bridgehead atoms. The Labute approximate surface area is 176 Å². The van der Waals surface area contributed by atoms with E-state index in [1.54, 1.807) is 33.8 Å². The van der Waals surface area contributed by atoms with E-state index in [9.17, 15) is 27.8 Å². The van der Waals surface area contributed by atoms with Gasteiger partial charge in [0.15, 0.2) is 0 Å². The summed E-state index contributed by atoms with van der Waals surface area (Å²) in [6.45, 7) is 6.36. The number of rotatable bonds is 7. The van der Waals surface area contributed by atoms with Crippen LogP contribution in [-0.2, 0) is 14.8 Å². The van der Waals surface area contributed by atoms with Gasteiger partial charge in [0.1, 0.15) is 5.82 Å². The van der Waals surface area contributed by atoms with Crippen LogP contribution < -0.4 is 4.72 Å². The first-order valence-corrected chi connectivity index (χ1v) is 10.8. The highest BCUT2D eigenvalue weighted by Crippen LogP contribution is 2.31. The Kier molecular flexibility index (Phi) is 7.18. The number of aliphatic hydroxyl groups excluding tert-OH is 1. The fourth-order valence-electron chi connectivity index (χ4n) is 2.98. The average Bonchev–Trinajstić information content (AvgIpc) is 2.62. The van der Waals surface area contributed by atoms with Crippen molar-refractivity contribution in [2.75, 3.05) is 6.61 Å². The smallest absolute Gasteiger partial charge is 0.332 e. The van der Waals surface area contributed by atoms with Crippen LogP contribution >= 0.6 is 0 Å². The molecule has 6 nitrogen and oxygen atoms in total. The molecule has 0 heterocycles. The molecule has 0 aliphatic carbocycles. The molecule has 0 amide bonds. The van der Waals surface area contributed by atoms with Crippen LogP contribution in [0, 0.1) is 12.7 Å². The van der Waals surface area contributed by atoms with Crippen LogP contribution in [0.3, 0.4) is 0 Å². The minimum atomic E-state index is -3.77. The number of hydrogen-bond donors (Lipinski definition) is 3. The van der Waals surface area contributed by atoms with E-state index >= 15 is 0 Å². The molecule has 0 unspecified atom stereocenters. The molecule has 0 radical (unpaired) electrons. The molecule has 0 aliphatic rings. The van der Waals surface area contributed by atoms with E-state index in [1.807, 2.05) is 0 Å². The van der Waals surface area contributed by atoms with Crippen molar-refractivity contribution in [1.29, 1.82) is 0 Å². The Morgan fingerprint density at radius 3 is 2.10 bits per heavy atom. The number of carboxylic acids is 1. The SMILES string of the molecule is Cc1ccc(C(=C(CCO)C(=O)O)c2ccc(S(=O)(=O)NC(C)(C)C)cc2)cc1F. The third-order valence-corrected chi connectivity index (χ3v) is 6.05. The first-order chi connectivity index (χ1) is 13.9. The summed E-state index contributed by atoms with van der Waals surface area (Å²) in [5.74, 6) is -1.74. The molecular formula is C22H26FNO5S. The molecule has 0 atom stereocenters. The standard InChI is InChI=1S/C22H26FNO5S/c1-14-5-6-16(13-19(14)23)20(18(11-12-25)21(26)27)15-7-9-17(10-8-15)30(28,29)24-22(2,3)4/h5-10,13,24-25H,11-12H2,1-4H3,(H,26,27). The second-order valence-corrected chi connectivity index (χ2v) is 9.66. The van der Waals surface area contributed by atoms with E-state index in [-0.39, 0.29) is 22.5 Å². The summed E-state index contributed by atoms with van der Waals surface area (Å²) in [5.41, 5.74) is 0.602. The normalized spacial score (nSPS) is 13.1. The Morgan fingerprint density at radius 1 is 1.07 bits per heavy atom. The van der Waals surface area contributed by atoms with Crippen molar-refractivity contribution in [3.63, 3.8) is 0 Å². The van der Waals surface area contributed by atoms with Gasteiger partial charge < -0.3 is 10.2 Å². The number of nitrogens with one attached hydrogen (secondary N) is 1. The zero-order valence-electron chi connectivity index (χ0n) is 17.4. The van der Waals surface area contributed by atoms with Crippen LogP contribution in [0.4, 0.5) is 4.39 Å². The summed E-state index contributed by atoms with van der Waals surface area (Å²) >= 11 is 0. The molecule has 2 rings (SSSR count). The van der Waals surface area contributed by atoms with Crippen molar-refractivity contribution < 1.29 is 27.8 Å². The monoisotopic (exact) mass is 435 g/mol. The number of aliphatic carboxylic acids is 1. The molecule has 0 saturated heterocycles. The molecule has 0 saturated carbocycles. The highest BCUT2D eigenvalue weighted by atomic mass is 32.2. The van der Waals surface area contributed by atoms with Crippen LogP contribution in [0.1, 0.15) is 43.9 Å². The van der Waals surface area contributed by atoms with Crippen molar-refractivity contribution >= 4 is 21.6 Å². The number of benzene rings is 2. The second-order valence-electron chi connectivity index (χ2n) is 7.98. The quantitative estimate of drug-likeness (QED) is 0.578. The molecule has 0 fully saturated rings. The van der Waals surface area contributed by atoms with Crippen LogP contribution in [0.5, 0.6) is 0 Å². The van der Waals surface area contributed by atoms with Gasteiger partial charge >= 0.3 is 5.97 Å². The predicted molar refractivity (Wildman–Crippen MR) is 113 cm³/mol. The van der Waals surface area contributed by atoms with Gasteiger partial charge in [0.25, 0.3) is 0 Å². The lowest BCUT2D eigenvalue weighted by Gasteiger charge is -2.20. The molecule has 162 valence electrons. The van der Waals surface area contributed by atoms with Gasteiger partial charge in [-0.15, -0.1) is 0 Å². The predicted octanol–water partition coefficient (Wildman–Crippen LogP) is 3.48. The lowest BCUT2D eigenvalue weighted by Crippen LogP contribution is -2.40. The number of aryl methyl sites for hydroxylation is 1. The highest BCUT2D eigenvalue weighted by Gasteiger charge is 2.23. The first-order valence-electron chi connectivity index (χ1n) is 9.34. The van der Waals surface area contributed by atoms with E-state index in [0.717, 1.165) is 0 Å². The minimum Gasteiger partial charge on any atom is -0.478 e. The van der Waals surface area contributed by atoms with E-state index in [4.69, 9.17) is 0 Å². The van der Waals surface area contributed by atoms with Crippen molar-refractivity contribution in [1.82, 2.24) is 4.72 Å². The Balaban J connectivity index is 2.64. The fraction of sp³-hybridized carbons (Fsp3) is 0.318. The van der Waals surface area contributed by atoms with E-state index in [1.165, 1.54) is 36.4 Å². The molecule has 8 heteroatoms. The van der Waals surface area contributed by atoms with Gasteiger partial charge in [0.05, 0.1) is 4.90 Å². The summed E-state index contributed by atoms with van der Waals surface area (Å²) in [5, 5.41) is 19.0. The van der Waals surface area contributed by atoms with Gasteiger partial charge in [-0.1, -0.05) is 24.3 Å². The number of hydrogen-bond acceptors (Lipinski definition) is 4. The van der Waals surface area contributed by atoms with Gasteiger partial charge in [-0.25, -0.2) is 22.3 Å². The van der Waals surface area contributed by atoms with Crippen molar-refractivity contribution in [2.45, 2.75) is 44.6 Å². The maximum atomic E-state index is 14.2. The van der Waals surface area contributed by atoms with Crippen molar-refractivity contribution in [3.05, 3.63) is 70.5 Å². The maximum absolute atomic E-state index is 14.2. The summed E-state index contributed by atoms with van der Waals surface area (Å²) in [7, 11) is -3.77. The molecule has 3 N–H and O–H groups in total. The van der Waals surface area contributed by atoms with Gasteiger partial charge in [-0.3, -0.25) is 0 Å². The van der Waals surface area contributed by atoms with Gasteiger partial charge in [-0.2, -0.15) is 0 Å². The Hall–Kier alpha value is -2.55. The summed E-state index contributed by atoms with van der Waals surface area (Å²) in [6, 6.07) is 10.1. The van der Waals surface area contributed by atoms with Crippen LogP contribution in [0.25, 0.3) is 5.57 Å². The molecule has 0 spiro atoms. The number of carbonyl (C=O) groups is 1. The third-order valence-electron chi connectivity index (χ3n) is 4.28. The lowest BCUT2D eigenvalue weighted by molar-refractivity contribution is -0.132. The zero-order valence-corrected chi connectivity index (χ0v) is 18.2. The van der Waals surface area contributed by atoms with Crippen molar-refractivity contribution in [2.24, 2.45) is 0 Å². The molecule has 2 aromatic carbocycles. The fourth-order valence-corrected chi connectivity index (χ4v) is 4.40. The summed E-state index contributed by atoms with van der Waals surface area (Å²) in [4.78, 5) is 11.9. The second kappa shape index (κ2) is 9.07. The maximum Gasteiger partial charge on any atom is 0.332 e. The molecule has 30 heavy (non-hydrogen) atoms. The molecule has 0 aromatic heterocycles. The lowest BCUT2D eigenvalue weighted by atomic mass is 9.91. The average molecular weight is 436 g/mol. The van der Waals surface area contributed by atoms with Gasteiger partial charge in [0, 0.05) is 24.1 Å².